The van der Waals surface area contributed by atoms with E-state index < -0.39 is 0 Å². The van der Waals surface area contributed by atoms with Crippen LogP contribution < -0.4 is 5.32 Å². The Morgan fingerprint density at radius 3 is 2.58 bits per heavy atom. The minimum atomic E-state index is 0.184. The van der Waals surface area contributed by atoms with E-state index in [1.807, 2.05) is 0 Å². The van der Waals surface area contributed by atoms with Crippen molar-refractivity contribution in [1.29, 1.82) is 0 Å². The first kappa shape index (κ1) is 16.9. The second-order valence-electron chi connectivity index (χ2n) is 7.77. The van der Waals surface area contributed by atoms with Crippen molar-refractivity contribution in [1.82, 2.24) is 10.2 Å². The van der Waals surface area contributed by atoms with Crippen LogP contribution in [-0.4, -0.2) is 48.8 Å². The van der Waals surface area contributed by atoms with Gasteiger partial charge in [0.05, 0.1) is 6.61 Å². The molecule has 0 radical (unpaired) electrons. The van der Waals surface area contributed by atoms with Gasteiger partial charge in [-0.1, -0.05) is 19.8 Å². The molecule has 0 aromatic rings. The largest absolute Gasteiger partial charge is 0.395 e. The summed E-state index contributed by atoms with van der Waals surface area (Å²) in [6.45, 7) is 12.3. The number of likely N-dealkylation sites (N-methyl/N-ethyl adjacent to an activating group) is 1. The van der Waals surface area contributed by atoms with Gasteiger partial charge in [-0.3, -0.25) is 0 Å². The molecule has 0 heterocycles. The molecule has 114 valence electrons. The van der Waals surface area contributed by atoms with Crippen LogP contribution in [0, 0.1) is 11.3 Å². The van der Waals surface area contributed by atoms with Crippen LogP contribution in [0.3, 0.4) is 0 Å². The van der Waals surface area contributed by atoms with E-state index >= 15 is 0 Å². The van der Waals surface area contributed by atoms with Crippen LogP contribution in [0.25, 0.3) is 0 Å². The summed E-state index contributed by atoms with van der Waals surface area (Å²) in [6, 6.07) is 0. The second kappa shape index (κ2) is 7.05. The normalized spacial score (nSPS) is 28.9. The van der Waals surface area contributed by atoms with Gasteiger partial charge in [-0.2, -0.15) is 0 Å². The van der Waals surface area contributed by atoms with Crippen LogP contribution in [0.2, 0.25) is 0 Å². The van der Waals surface area contributed by atoms with Gasteiger partial charge < -0.3 is 15.3 Å². The summed E-state index contributed by atoms with van der Waals surface area (Å²) < 4.78 is 0. The first-order chi connectivity index (χ1) is 8.76. The fourth-order valence-electron chi connectivity index (χ4n) is 3.40. The summed E-state index contributed by atoms with van der Waals surface area (Å²) in [5.74, 6) is 0.832. The monoisotopic (exact) mass is 270 g/mol. The van der Waals surface area contributed by atoms with Crippen molar-refractivity contribution < 1.29 is 5.11 Å². The molecule has 0 bridgehead atoms. The van der Waals surface area contributed by atoms with Gasteiger partial charge in [-0.05, 0) is 52.0 Å². The van der Waals surface area contributed by atoms with Crippen molar-refractivity contribution in [3.05, 3.63) is 0 Å². The highest BCUT2D eigenvalue weighted by Crippen LogP contribution is 2.39. The first-order valence-electron chi connectivity index (χ1n) is 7.81. The molecular formula is C16H34N2O. The molecule has 1 rings (SSSR count). The number of nitrogens with one attached hydrogen (secondary N) is 1. The summed E-state index contributed by atoms with van der Waals surface area (Å²) in [4.78, 5) is 2.29. The summed E-state index contributed by atoms with van der Waals surface area (Å²) in [5.41, 5.74) is 0.568. The molecule has 2 N–H and O–H groups in total. The third-order valence-corrected chi connectivity index (χ3v) is 4.27. The smallest absolute Gasteiger partial charge is 0.0558 e. The highest BCUT2D eigenvalue weighted by atomic mass is 16.3. The topological polar surface area (TPSA) is 35.5 Å². The minimum absolute atomic E-state index is 0.184. The van der Waals surface area contributed by atoms with Gasteiger partial charge in [0.15, 0.2) is 0 Å². The SMILES string of the molecule is CC1CCCC(CNC(C)(C)C)(CN(C)CCO)C1. The van der Waals surface area contributed by atoms with Crippen molar-refractivity contribution in [3.63, 3.8) is 0 Å². The molecule has 3 nitrogen and oxygen atoms in total. The lowest BCUT2D eigenvalue weighted by molar-refractivity contribution is 0.0770. The fraction of sp³-hybridized carbons (Fsp3) is 1.00. The quantitative estimate of drug-likeness (QED) is 0.778. The van der Waals surface area contributed by atoms with E-state index in [-0.39, 0.29) is 12.1 Å². The zero-order valence-electron chi connectivity index (χ0n) is 13.6. The third kappa shape index (κ3) is 6.24. The van der Waals surface area contributed by atoms with Gasteiger partial charge in [-0.15, -0.1) is 0 Å². The first-order valence-corrected chi connectivity index (χ1v) is 7.81. The Labute approximate surface area is 119 Å². The predicted octanol–water partition coefficient (Wildman–Crippen LogP) is 2.50. The molecule has 0 spiro atoms. The average molecular weight is 270 g/mol. The average Bonchev–Trinajstić information content (AvgIpc) is 2.26. The molecule has 19 heavy (non-hydrogen) atoms. The predicted molar refractivity (Wildman–Crippen MR) is 82.4 cm³/mol. The molecule has 0 aliphatic heterocycles. The van der Waals surface area contributed by atoms with E-state index in [0.717, 1.165) is 25.6 Å². The molecule has 2 unspecified atom stereocenters. The zero-order chi connectivity index (χ0) is 14.5. The lowest BCUT2D eigenvalue weighted by Gasteiger charge is -2.44. The Hall–Kier alpha value is -0.120. The number of rotatable bonds is 6. The van der Waals surface area contributed by atoms with Gasteiger partial charge in [-0.25, -0.2) is 0 Å². The molecule has 1 aliphatic rings. The number of aliphatic hydroxyl groups excluding tert-OH is 1. The van der Waals surface area contributed by atoms with E-state index in [4.69, 9.17) is 5.11 Å². The molecule has 2 atom stereocenters. The maximum Gasteiger partial charge on any atom is 0.0558 e. The summed E-state index contributed by atoms with van der Waals surface area (Å²) >= 11 is 0. The van der Waals surface area contributed by atoms with Gasteiger partial charge in [0, 0.05) is 25.2 Å². The van der Waals surface area contributed by atoms with Crippen LogP contribution >= 0.6 is 0 Å². The highest BCUT2D eigenvalue weighted by Gasteiger charge is 2.36. The maximum atomic E-state index is 9.10. The molecular weight excluding hydrogens is 236 g/mol. The van der Waals surface area contributed by atoms with E-state index in [2.05, 4.69) is 45.0 Å². The molecule has 1 saturated carbocycles. The van der Waals surface area contributed by atoms with E-state index in [1.165, 1.54) is 25.7 Å². The number of nitrogens with zero attached hydrogens (tertiary/aromatic N) is 1. The number of aliphatic hydroxyl groups is 1. The zero-order valence-corrected chi connectivity index (χ0v) is 13.6. The van der Waals surface area contributed by atoms with Crippen LogP contribution in [-0.2, 0) is 0 Å². The number of hydrogen-bond acceptors (Lipinski definition) is 3. The molecule has 1 fully saturated rings. The summed E-state index contributed by atoms with van der Waals surface area (Å²) in [6.07, 6.45) is 5.35. The molecule has 0 aromatic heterocycles. The third-order valence-electron chi connectivity index (χ3n) is 4.27. The minimum Gasteiger partial charge on any atom is -0.395 e. The van der Waals surface area contributed by atoms with Crippen LogP contribution in [0.15, 0.2) is 0 Å². The van der Waals surface area contributed by atoms with Crippen LogP contribution in [0.1, 0.15) is 53.4 Å². The van der Waals surface area contributed by atoms with Crippen molar-refractivity contribution in [2.75, 3.05) is 33.3 Å². The van der Waals surface area contributed by atoms with Crippen LogP contribution in [0.4, 0.5) is 0 Å². The summed E-state index contributed by atoms with van der Waals surface area (Å²) in [5, 5.41) is 12.8. The van der Waals surface area contributed by atoms with Gasteiger partial charge in [0.25, 0.3) is 0 Å². The standard InChI is InChI=1S/C16H34N2O/c1-14-7-6-8-16(11-14,12-17-15(2,3)4)13-18(5)9-10-19/h14,17,19H,6-13H2,1-5H3. The van der Waals surface area contributed by atoms with Crippen molar-refractivity contribution >= 4 is 0 Å². The molecule has 0 amide bonds. The Morgan fingerprint density at radius 2 is 2.05 bits per heavy atom. The Balaban J connectivity index is 2.66. The molecule has 1 aliphatic carbocycles. The molecule has 3 heteroatoms. The lowest BCUT2D eigenvalue weighted by Crippen LogP contribution is -2.50. The Bertz CT molecular complexity index is 262. The summed E-state index contributed by atoms with van der Waals surface area (Å²) in [7, 11) is 2.13. The van der Waals surface area contributed by atoms with Crippen LogP contribution in [0.5, 0.6) is 0 Å². The lowest BCUT2D eigenvalue weighted by atomic mass is 9.69. The van der Waals surface area contributed by atoms with Gasteiger partial charge in [0.2, 0.25) is 0 Å². The highest BCUT2D eigenvalue weighted by molar-refractivity contribution is 4.91. The van der Waals surface area contributed by atoms with E-state index in [9.17, 15) is 0 Å². The van der Waals surface area contributed by atoms with E-state index in [1.54, 1.807) is 0 Å². The molecule has 0 aromatic carbocycles. The fourth-order valence-corrected chi connectivity index (χ4v) is 3.40. The molecule has 0 saturated heterocycles. The Kier molecular flexibility index (Phi) is 6.28. The van der Waals surface area contributed by atoms with Crippen molar-refractivity contribution in [3.8, 4) is 0 Å². The van der Waals surface area contributed by atoms with E-state index in [0.29, 0.717) is 5.41 Å². The van der Waals surface area contributed by atoms with Gasteiger partial charge in [0.1, 0.15) is 0 Å². The van der Waals surface area contributed by atoms with Crippen molar-refractivity contribution in [2.45, 2.75) is 58.9 Å². The number of hydrogen-bond donors (Lipinski definition) is 2. The van der Waals surface area contributed by atoms with Crippen molar-refractivity contribution in [2.24, 2.45) is 11.3 Å². The van der Waals surface area contributed by atoms with Gasteiger partial charge >= 0.3 is 0 Å². The Morgan fingerprint density at radius 1 is 1.37 bits per heavy atom. The second-order valence-corrected chi connectivity index (χ2v) is 7.77. The maximum absolute atomic E-state index is 9.10.